The molecular weight excluding hydrogens is 244 g/mol. The lowest BCUT2D eigenvalue weighted by Crippen LogP contribution is -2.05. The molecule has 94 valence electrons. The molecule has 0 aliphatic rings. The average molecular weight is 254 g/mol. The molecule has 3 rings (SSSR count). The lowest BCUT2D eigenvalue weighted by Gasteiger charge is -2.05. The van der Waals surface area contributed by atoms with Crippen LogP contribution in [0.25, 0.3) is 5.78 Å². The van der Waals surface area contributed by atoms with E-state index < -0.39 is 0 Å². The average Bonchev–Trinajstić information content (AvgIpc) is 2.88. The largest absolute Gasteiger partial charge is 0.507 e. The second kappa shape index (κ2) is 4.16. The van der Waals surface area contributed by atoms with Crippen LogP contribution in [0.1, 0.15) is 21.5 Å². The number of rotatable bonds is 2. The minimum absolute atomic E-state index is 0.0470. The first-order chi connectivity index (χ1) is 9.15. The Morgan fingerprint density at radius 1 is 1.32 bits per heavy atom. The number of hydrogen-bond acceptors (Lipinski definition) is 5. The van der Waals surface area contributed by atoms with Crippen molar-refractivity contribution in [3.63, 3.8) is 0 Å². The molecule has 0 spiro atoms. The van der Waals surface area contributed by atoms with Crippen LogP contribution in [-0.4, -0.2) is 30.5 Å². The summed E-state index contributed by atoms with van der Waals surface area (Å²) in [6, 6.07) is 4.89. The van der Waals surface area contributed by atoms with Gasteiger partial charge in [0.05, 0.1) is 11.1 Å². The first-order valence-corrected chi connectivity index (χ1v) is 5.65. The molecule has 6 heteroatoms. The second-order valence-corrected chi connectivity index (χ2v) is 4.20. The zero-order chi connectivity index (χ0) is 13.4. The van der Waals surface area contributed by atoms with Gasteiger partial charge in [-0.1, -0.05) is 11.6 Å². The van der Waals surface area contributed by atoms with Crippen LogP contribution < -0.4 is 0 Å². The highest BCUT2D eigenvalue weighted by Gasteiger charge is 2.15. The molecule has 0 fully saturated rings. The van der Waals surface area contributed by atoms with Gasteiger partial charge < -0.3 is 5.11 Å². The summed E-state index contributed by atoms with van der Waals surface area (Å²) in [5, 5.41) is 13.7. The zero-order valence-electron chi connectivity index (χ0n) is 10.1. The van der Waals surface area contributed by atoms with Gasteiger partial charge in [-0.2, -0.15) is 10.1 Å². The lowest BCUT2D eigenvalue weighted by atomic mass is 10.0. The molecular formula is C13H10N4O2. The van der Waals surface area contributed by atoms with Crippen molar-refractivity contribution in [3.05, 3.63) is 53.6 Å². The number of aryl methyl sites for hydroxylation is 1. The van der Waals surface area contributed by atoms with Crippen LogP contribution >= 0.6 is 0 Å². The molecule has 19 heavy (non-hydrogen) atoms. The van der Waals surface area contributed by atoms with Crippen LogP contribution in [0.2, 0.25) is 0 Å². The minimum Gasteiger partial charge on any atom is -0.507 e. The first-order valence-electron chi connectivity index (χ1n) is 5.65. The van der Waals surface area contributed by atoms with E-state index in [1.807, 2.05) is 6.92 Å². The Morgan fingerprint density at radius 3 is 3.00 bits per heavy atom. The van der Waals surface area contributed by atoms with Crippen LogP contribution in [0.4, 0.5) is 0 Å². The van der Waals surface area contributed by atoms with Crippen molar-refractivity contribution in [1.82, 2.24) is 19.6 Å². The number of ketones is 1. The van der Waals surface area contributed by atoms with Crippen LogP contribution in [0.15, 0.2) is 36.9 Å². The van der Waals surface area contributed by atoms with Crippen LogP contribution in [0.5, 0.6) is 5.75 Å². The van der Waals surface area contributed by atoms with Gasteiger partial charge in [0.15, 0.2) is 5.78 Å². The molecule has 1 aromatic carbocycles. The summed E-state index contributed by atoms with van der Waals surface area (Å²) in [7, 11) is 0. The molecule has 0 unspecified atom stereocenters. The van der Waals surface area contributed by atoms with Crippen LogP contribution in [0.3, 0.4) is 0 Å². The van der Waals surface area contributed by atoms with Gasteiger partial charge >= 0.3 is 0 Å². The van der Waals surface area contributed by atoms with Gasteiger partial charge in [0.25, 0.3) is 5.78 Å². The maximum atomic E-state index is 12.3. The Bertz CT molecular complexity index is 779. The summed E-state index contributed by atoms with van der Waals surface area (Å²) in [5.74, 6) is 0.0744. The molecule has 0 aliphatic heterocycles. The fourth-order valence-electron chi connectivity index (χ4n) is 1.82. The number of benzene rings is 1. The van der Waals surface area contributed by atoms with Gasteiger partial charge in [-0.25, -0.2) is 9.50 Å². The van der Waals surface area contributed by atoms with E-state index in [2.05, 4.69) is 15.1 Å². The highest BCUT2D eigenvalue weighted by atomic mass is 16.3. The summed E-state index contributed by atoms with van der Waals surface area (Å²) >= 11 is 0. The maximum Gasteiger partial charge on any atom is 0.252 e. The third-order valence-electron chi connectivity index (χ3n) is 2.79. The molecule has 0 aliphatic carbocycles. The van der Waals surface area contributed by atoms with Crippen molar-refractivity contribution >= 4 is 11.6 Å². The molecule has 6 nitrogen and oxygen atoms in total. The molecule has 3 aromatic rings. The number of phenols is 1. The van der Waals surface area contributed by atoms with Gasteiger partial charge in [-0.15, -0.1) is 0 Å². The molecule has 0 saturated carbocycles. The van der Waals surface area contributed by atoms with E-state index in [0.29, 0.717) is 11.3 Å². The number of carbonyl (C=O) groups is 1. The van der Waals surface area contributed by atoms with E-state index in [0.717, 1.165) is 5.56 Å². The van der Waals surface area contributed by atoms with E-state index in [4.69, 9.17) is 0 Å². The Hall–Kier alpha value is -2.76. The maximum absolute atomic E-state index is 12.3. The van der Waals surface area contributed by atoms with E-state index >= 15 is 0 Å². The number of hydrogen-bond donors (Lipinski definition) is 1. The Morgan fingerprint density at radius 2 is 2.16 bits per heavy atom. The fourth-order valence-corrected chi connectivity index (χ4v) is 1.82. The fraction of sp³-hybridized carbons (Fsp3) is 0.0769. The summed E-state index contributed by atoms with van der Waals surface area (Å²) in [5.41, 5.74) is 1.50. The number of phenolic OH excluding ortho intramolecular Hbond substituents is 1. The molecule has 0 bridgehead atoms. The molecule has 2 heterocycles. The van der Waals surface area contributed by atoms with Gasteiger partial charge in [-0.05, 0) is 19.1 Å². The van der Waals surface area contributed by atoms with Crippen molar-refractivity contribution in [2.24, 2.45) is 0 Å². The summed E-state index contributed by atoms with van der Waals surface area (Å²) in [6.07, 6.45) is 4.33. The quantitative estimate of drug-likeness (QED) is 0.698. The predicted octanol–water partition coefficient (Wildman–Crippen LogP) is 1.37. The number of nitrogens with zero attached hydrogens (tertiary/aromatic N) is 4. The predicted molar refractivity (Wildman–Crippen MR) is 67.1 cm³/mol. The van der Waals surface area contributed by atoms with Crippen molar-refractivity contribution < 1.29 is 9.90 Å². The standard InChI is InChI=1S/C13H10N4O2/c1-8-2-3-11(18)10(4-8)12(19)9-5-14-13-15-7-16-17(13)6-9/h2-7,18H,1H3. The molecule has 0 amide bonds. The molecule has 1 N–H and O–H groups in total. The summed E-state index contributed by atoms with van der Waals surface area (Å²) in [6.45, 7) is 1.86. The third kappa shape index (κ3) is 1.93. The number of fused-ring (bicyclic) bond motifs is 1. The Kier molecular flexibility index (Phi) is 2.49. The van der Waals surface area contributed by atoms with Crippen LogP contribution in [-0.2, 0) is 0 Å². The third-order valence-corrected chi connectivity index (χ3v) is 2.79. The topological polar surface area (TPSA) is 80.4 Å². The summed E-state index contributed by atoms with van der Waals surface area (Å²) in [4.78, 5) is 20.3. The highest BCUT2D eigenvalue weighted by Crippen LogP contribution is 2.21. The Labute approximate surface area is 108 Å². The van der Waals surface area contributed by atoms with Crippen molar-refractivity contribution in [2.75, 3.05) is 0 Å². The SMILES string of the molecule is Cc1ccc(O)c(C(=O)c2cnc3ncnn3c2)c1. The van der Waals surface area contributed by atoms with Crippen molar-refractivity contribution in [1.29, 1.82) is 0 Å². The van der Waals surface area contributed by atoms with Gasteiger partial charge in [-0.3, -0.25) is 4.79 Å². The van der Waals surface area contributed by atoms with Gasteiger partial charge in [0, 0.05) is 12.4 Å². The monoisotopic (exact) mass is 254 g/mol. The number of aromatic nitrogens is 4. The second-order valence-electron chi connectivity index (χ2n) is 4.20. The van der Waals surface area contributed by atoms with Crippen LogP contribution in [0, 0.1) is 6.92 Å². The molecule has 0 saturated heterocycles. The minimum atomic E-state index is -0.300. The van der Waals surface area contributed by atoms with E-state index in [-0.39, 0.29) is 17.1 Å². The zero-order valence-corrected chi connectivity index (χ0v) is 10.1. The molecule has 0 atom stereocenters. The molecule has 0 radical (unpaired) electrons. The summed E-state index contributed by atoms with van der Waals surface area (Å²) < 4.78 is 1.42. The van der Waals surface area contributed by atoms with Gasteiger partial charge in [0.2, 0.25) is 0 Å². The number of carbonyl (C=O) groups excluding carboxylic acids is 1. The van der Waals surface area contributed by atoms with Gasteiger partial charge in [0.1, 0.15) is 12.1 Å². The van der Waals surface area contributed by atoms with Crippen molar-refractivity contribution in [2.45, 2.75) is 6.92 Å². The van der Waals surface area contributed by atoms with E-state index in [1.165, 1.54) is 23.1 Å². The number of aromatic hydroxyl groups is 1. The van der Waals surface area contributed by atoms with E-state index in [1.54, 1.807) is 18.3 Å². The normalized spacial score (nSPS) is 10.8. The first kappa shape index (κ1) is 11.3. The lowest BCUT2D eigenvalue weighted by molar-refractivity contribution is 0.103. The smallest absolute Gasteiger partial charge is 0.252 e. The molecule has 2 aromatic heterocycles. The van der Waals surface area contributed by atoms with Crippen molar-refractivity contribution in [3.8, 4) is 5.75 Å². The Balaban J connectivity index is 2.09. The van der Waals surface area contributed by atoms with E-state index in [9.17, 15) is 9.90 Å². The highest BCUT2D eigenvalue weighted by molar-refractivity contribution is 6.10.